The summed E-state index contributed by atoms with van der Waals surface area (Å²) in [6.07, 6.45) is 1.13. The zero-order valence-electron chi connectivity index (χ0n) is 12.4. The Labute approximate surface area is 125 Å². The quantitative estimate of drug-likeness (QED) is 0.855. The van der Waals surface area contributed by atoms with Gasteiger partial charge in [0.1, 0.15) is 5.75 Å². The molecule has 1 atom stereocenters. The van der Waals surface area contributed by atoms with E-state index < -0.39 is 0 Å². The van der Waals surface area contributed by atoms with E-state index >= 15 is 0 Å². The maximum Gasteiger partial charge on any atom is 0.163 e. The van der Waals surface area contributed by atoms with Crippen LogP contribution in [0.2, 0.25) is 0 Å². The van der Waals surface area contributed by atoms with E-state index in [0.717, 1.165) is 51.5 Å². The highest BCUT2D eigenvalue weighted by Gasteiger charge is 2.29. The second kappa shape index (κ2) is 6.03. The van der Waals surface area contributed by atoms with Crippen LogP contribution in [0.1, 0.15) is 23.7 Å². The largest absolute Gasteiger partial charge is 0.507 e. The Morgan fingerprint density at radius 1 is 1.29 bits per heavy atom. The molecule has 2 aliphatic heterocycles. The molecule has 1 N–H and O–H groups in total. The summed E-state index contributed by atoms with van der Waals surface area (Å²) in [6.45, 7) is 7.09. The van der Waals surface area contributed by atoms with Gasteiger partial charge in [-0.25, -0.2) is 0 Å². The van der Waals surface area contributed by atoms with Crippen LogP contribution in [0, 0.1) is 0 Å². The Hall–Kier alpha value is -1.59. The molecule has 2 aliphatic rings. The van der Waals surface area contributed by atoms with Crippen molar-refractivity contribution in [3.63, 3.8) is 0 Å². The van der Waals surface area contributed by atoms with Gasteiger partial charge in [-0.2, -0.15) is 0 Å². The number of hydrogen-bond acceptors (Lipinski definition) is 5. The molecule has 2 saturated heterocycles. The summed E-state index contributed by atoms with van der Waals surface area (Å²) in [5.41, 5.74) is 1.39. The summed E-state index contributed by atoms with van der Waals surface area (Å²) in [7, 11) is 0. The molecule has 0 amide bonds. The van der Waals surface area contributed by atoms with Crippen LogP contribution in [0.3, 0.4) is 0 Å². The molecule has 3 rings (SSSR count). The van der Waals surface area contributed by atoms with E-state index in [4.69, 9.17) is 4.74 Å². The standard InChI is InChI=1S/C16H22N2O3/c1-12(19)15-3-2-13(10-16(15)20)18-5-4-14(11-18)17-6-8-21-9-7-17/h2-3,10,14,20H,4-9,11H2,1H3. The lowest BCUT2D eigenvalue weighted by atomic mass is 10.1. The Balaban J connectivity index is 1.68. The highest BCUT2D eigenvalue weighted by atomic mass is 16.5. The zero-order chi connectivity index (χ0) is 14.8. The molecule has 2 fully saturated rings. The fraction of sp³-hybridized carbons (Fsp3) is 0.562. The topological polar surface area (TPSA) is 53.0 Å². The second-order valence-electron chi connectivity index (χ2n) is 5.79. The number of nitrogens with zero attached hydrogens (tertiary/aromatic N) is 2. The van der Waals surface area contributed by atoms with E-state index in [-0.39, 0.29) is 11.5 Å². The van der Waals surface area contributed by atoms with Crippen molar-refractivity contribution in [3.05, 3.63) is 23.8 Å². The molecule has 1 aromatic carbocycles. The predicted octanol–water partition coefficient (Wildman–Crippen LogP) is 1.51. The van der Waals surface area contributed by atoms with Gasteiger partial charge in [0, 0.05) is 44.0 Å². The van der Waals surface area contributed by atoms with Crippen molar-refractivity contribution in [3.8, 4) is 5.75 Å². The first-order valence-electron chi connectivity index (χ1n) is 7.56. The predicted molar refractivity (Wildman–Crippen MR) is 81.1 cm³/mol. The van der Waals surface area contributed by atoms with Crippen LogP contribution in [0.15, 0.2) is 18.2 Å². The third kappa shape index (κ3) is 3.04. The summed E-state index contributed by atoms with van der Waals surface area (Å²) in [5, 5.41) is 9.96. The van der Waals surface area contributed by atoms with Crippen LogP contribution in [0.5, 0.6) is 5.75 Å². The van der Waals surface area contributed by atoms with E-state index in [1.807, 2.05) is 6.07 Å². The molecule has 5 heteroatoms. The normalized spacial score (nSPS) is 23.5. The van der Waals surface area contributed by atoms with Gasteiger partial charge < -0.3 is 14.7 Å². The van der Waals surface area contributed by atoms with E-state index in [9.17, 15) is 9.90 Å². The summed E-state index contributed by atoms with van der Waals surface area (Å²) >= 11 is 0. The van der Waals surface area contributed by atoms with E-state index in [2.05, 4.69) is 9.80 Å². The van der Waals surface area contributed by atoms with Crippen molar-refractivity contribution in [2.45, 2.75) is 19.4 Å². The molecule has 21 heavy (non-hydrogen) atoms. The van der Waals surface area contributed by atoms with Gasteiger partial charge in [0.2, 0.25) is 0 Å². The van der Waals surface area contributed by atoms with Crippen LogP contribution in [-0.4, -0.2) is 61.2 Å². The molecule has 5 nitrogen and oxygen atoms in total. The molecule has 0 bridgehead atoms. The molecule has 0 aromatic heterocycles. The average Bonchev–Trinajstić information content (AvgIpc) is 2.97. The number of ether oxygens (including phenoxy) is 1. The van der Waals surface area contributed by atoms with Gasteiger partial charge in [-0.3, -0.25) is 9.69 Å². The first-order valence-corrected chi connectivity index (χ1v) is 7.56. The van der Waals surface area contributed by atoms with Crippen molar-refractivity contribution in [2.24, 2.45) is 0 Å². The highest BCUT2D eigenvalue weighted by Crippen LogP contribution is 2.28. The minimum absolute atomic E-state index is 0.0785. The molecule has 0 spiro atoms. The van der Waals surface area contributed by atoms with Crippen molar-refractivity contribution >= 4 is 11.5 Å². The van der Waals surface area contributed by atoms with Crippen molar-refractivity contribution < 1.29 is 14.6 Å². The Morgan fingerprint density at radius 2 is 2.05 bits per heavy atom. The monoisotopic (exact) mass is 290 g/mol. The second-order valence-corrected chi connectivity index (χ2v) is 5.79. The third-order valence-corrected chi connectivity index (χ3v) is 4.45. The number of anilines is 1. The minimum atomic E-state index is -0.105. The van der Waals surface area contributed by atoms with E-state index in [1.54, 1.807) is 12.1 Å². The summed E-state index contributed by atoms with van der Waals surface area (Å²) in [6, 6.07) is 5.91. The summed E-state index contributed by atoms with van der Waals surface area (Å²) < 4.78 is 5.40. The van der Waals surface area contributed by atoms with Gasteiger partial charge in [0.25, 0.3) is 0 Å². The number of ketones is 1. The number of carbonyl (C=O) groups is 1. The first-order chi connectivity index (χ1) is 10.1. The van der Waals surface area contributed by atoms with E-state index in [1.165, 1.54) is 6.92 Å². The molecule has 1 unspecified atom stereocenters. The summed E-state index contributed by atoms with van der Waals surface area (Å²) in [4.78, 5) is 16.1. The molecule has 0 radical (unpaired) electrons. The van der Waals surface area contributed by atoms with Crippen LogP contribution < -0.4 is 4.90 Å². The number of Topliss-reactive ketones (excluding diaryl/α,β-unsaturated/α-hetero) is 1. The van der Waals surface area contributed by atoms with Crippen LogP contribution in [0.4, 0.5) is 5.69 Å². The number of carbonyl (C=O) groups excluding carboxylic acids is 1. The number of hydrogen-bond donors (Lipinski definition) is 1. The van der Waals surface area contributed by atoms with Gasteiger partial charge in [-0.1, -0.05) is 0 Å². The zero-order valence-corrected chi connectivity index (χ0v) is 12.4. The third-order valence-electron chi connectivity index (χ3n) is 4.45. The van der Waals surface area contributed by atoms with Gasteiger partial charge in [0.05, 0.1) is 18.8 Å². The van der Waals surface area contributed by atoms with Crippen molar-refractivity contribution in [1.82, 2.24) is 4.90 Å². The fourth-order valence-electron chi connectivity index (χ4n) is 3.23. The molecule has 2 heterocycles. The molecular formula is C16H22N2O3. The van der Waals surface area contributed by atoms with Crippen LogP contribution in [0.25, 0.3) is 0 Å². The number of phenols is 1. The lowest BCUT2D eigenvalue weighted by Crippen LogP contribution is -2.44. The summed E-state index contributed by atoms with van der Waals surface area (Å²) in [5.74, 6) is -0.0264. The van der Waals surface area contributed by atoms with Gasteiger partial charge in [-0.15, -0.1) is 0 Å². The smallest absolute Gasteiger partial charge is 0.163 e. The minimum Gasteiger partial charge on any atom is -0.507 e. The SMILES string of the molecule is CC(=O)c1ccc(N2CCC(N3CCOCC3)C2)cc1O. The molecular weight excluding hydrogens is 268 g/mol. The molecule has 0 saturated carbocycles. The maximum atomic E-state index is 11.4. The van der Waals surface area contributed by atoms with Crippen LogP contribution in [-0.2, 0) is 4.74 Å². The number of benzene rings is 1. The van der Waals surface area contributed by atoms with E-state index in [0.29, 0.717) is 11.6 Å². The first kappa shape index (κ1) is 14.4. The molecule has 114 valence electrons. The lowest BCUT2D eigenvalue weighted by Gasteiger charge is -2.32. The number of rotatable bonds is 3. The number of phenolic OH excluding ortho intramolecular Hbond substituents is 1. The fourth-order valence-corrected chi connectivity index (χ4v) is 3.23. The molecule has 1 aromatic rings. The maximum absolute atomic E-state index is 11.4. The van der Waals surface area contributed by atoms with Crippen molar-refractivity contribution in [1.29, 1.82) is 0 Å². The number of morpholine rings is 1. The average molecular weight is 290 g/mol. The van der Waals surface area contributed by atoms with Crippen LogP contribution >= 0.6 is 0 Å². The Bertz CT molecular complexity index is 526. The highest BCUT2D eigenvalue weighted by molar-refractivity contribution is 5.97. The van der Waals surface area contributed by atoms with Gasteiger partial charge in [0.15, 0.2) is 5.78 Å². The Kier molecular flexibility index (Phi) is 4.12. The van der Waals surface area contributed by atoms with Gasteiger partial charge in [-0.05, 0) is 25.5 Å². The van der Waals surface area contributed by atoms with Crippen molar-refractivity contribution in [2.75, 3.05) is 44.3 Å². The lowest BCUT2D eigenvalue weighted by molar-refractivity contribution is 0.0209. The number of aromatic hydroxyl groups is 1. The van der Waals surface area contributed by atoms with Gasteiger partial charge >= 0.3 is 0 Å². The Morgan fingerprint density at radius 3 is 2.71 bits per heavy atom. The molecule has 0 aliphatic carbocycles.